The van der Waals surface area contributed by atoms with Crippen LogP contribution in [0.25, 0.3) is 0 Å². The molecule has 0 fully saturated rings. The summed E-state index contributed by atoms with van der Waals surface area (Å²) in [7, 11) is 0. The molecule has 2 rings (SSSR count). The number of hydrogen-bond donors (Lipinski definition) is 2. The van der Waals surface area contributed by atoms with Crippen molar-refractivity contribution in [1.82, 2.24) is 0 Å². The lowest BCUT2D eigenvalue weighted by Gasteiger charge is -2.13. The average molecular weight is 262 g/mol. The van der Waals surface area contributed by atoms with Crippen LogP contribution >= 0.6 is 23.2 Å². The number of rotatable bonds is 1. The maximum Gasteiger partial charge on any atom is 0.339 e. The van der Waals surface area contributed by atoms with Gasteiger partial charge in [-0.25, -0.2) is 4.79 Å². The molecule has 0 spiro atoms. The minimum atomic E-state index is -1.08. The normalized spacial score (nSPS) is 14.4. The van der Waals surface area contributed by atoms with Crippen LogP contribution in [0.1, 0.15) is 16.8 Å². The third-order valence-electron chi connectivity index (χ3n) is 2.27. The first-order valence-corrected chi connectivity index (χ1v) is 5.49. The van der Waals surface area contributed by atoms with E-state index in [1.54, 1.807) is 0 Å². The van der Waals surface area contributed by atoms with E-state index in [0.29, 0.717) is 23.9 Å². The third kappa shape index (κ3) is 1.90. The first-order valence-electron chi connectivity index (χ1n) is 4.73. The number of carbonyl (C=O) groups is 1. The number of fused-ring (bicyclic) bond motifs is 1. The molecule has 16 heavy (non-hydrogen) atoms. The van der Waals surface area contributed by atoms with E-state index >= 15 is 0 Å². The Kier molecular flexibility index (Phi) is 3.12. The molecule has 1 aromatic rings. The highest BCUT2D eigenvalue weighted by molar-refractivity contribution is 6.44. The van der Waals surface area contributed by atoms with Gasteiger partial charge in [0.1, 0.15) is 5.56 Å². The van der Waals surface area contributed by atoms with E-state index in [4.69, 9.17) is 33.0 Å². The molecule has 1 aliphatic heterocycles. The van der Waals surface area contributed by atoms with E-state index in [9.17, 15) is 4.79 Å². The SMILES string of the molecule is O=C(O)c1cc(Cl)c(Cl)c2c1OCCCN2. The Bertz CT molecular complexity index is 448. The van der Waals surface area contributed by atoms with E-state index in [0.717, 1.165) is 6.42 Å². The van der Waals surface area contributed by atoms with Crippen LogP contribution in [-0.2, 0) is 0 Å². The van der Waals surface area contributed by atoms with Gasteiger partial charge in [-0.3, -0.25) is 0 Å². The van der Waals surface area contributed by atoms with Gasteiger partial charge in [0.05, 0.1) is 22.3 Å². The van der Waals surface area contributed by atoms with Gasteiger partial charge >= 0.3 is 5.97 Å². The van der Waals surface area contributed by atoms with Crippen LogP contribution in [0.15, 0.2) is 6.07 Å². The van der Waals surface area contributed by atoms with Crippen LogP contribution in [0.3, 0.4) is 0 Å². The number of carboxylic acid groups (broad SMARTS) is 1. The van der Waals surface area contributed by atoms with Crippen LogP contribution in [-0.4, -0.2) is 24.2 Å². The standard InChI is InChI=1S/C10H9Cl2NO3/c11-6-4-5(10(14)15)9-8(7(6)12)13-2-1-3-16-9/h4,13H,1-3H2,(H,14,15). The summed E-state index contributed by atoms with van der Waals surface area (Å²) in [4.78, 5) is 11.0. The van der Waals surface area contributed by atoms with Crippen LogP contribution in [0, 0.1) is 0 Å². The molecule has 6 heteroatoms. The summed E-state index contributed by atoms with van der Waals surface area (Å²) in [6, 6.07) is 1.30. The van der Waals surface area contributed by atoms with E-state index in [1.165, 1.54) is 6.07 Å². The first-order chi connectivity index (χ1) is 7.61. The molecular formula is C10H9Cl2NO3. The molecule has 0 aromatic heterocycles. The predicted molar refractivity (Wildman–Crippen MR) is 62.0 cm³/mol. The van der Waals surface area contributed by atoms with E-state index in [-0.39, 0.29) is 16.3 Å². The Morgan fingerprint density at radius 2 is 2.25 bits per heavy atom. The highest BCUT2D eigenvalue weighted by Crippen LogP contribution is 2.41. The fraction of sp³-hybridized carbons (Fsp3) is 0.300. The molecule has 0 amide bonds. The van der Waals surface area contributed by atoms with Gasteiger partial charge in [-0.15, -0.1) is 0 Å². The zero-order valence-corrected chi connectivity index (χ0v) is 9.73. The molecule has 1 heterocycles. The third-order valence-corrected chi connectivity index (χ3v) is 3.06. The smallest absolute Gasteiger partial charge is 0.339 e. The quantitative estimate of drug-likeness (QED) is 0.816. The fourth-order valence-electron chi connectivity index (χ4n) is 1.54. The van der Waals surface area contributed by atoms with Crippen molar-refractivity contribution in [3.8, 4) is 5.75 Å². The van der Waals surface area contributed by atoms with Crippen molar-refractivity contribution in [3.05, 3.63) is 21.7 Å². The zero-order chi connectivity index (χ0) is 11.7. The van der Waals surface area contributed by atoms with Crippen LogP contribution in [0.2, 0.25) is 10.0 Å². The topological polar surface area (TPSA) is 58.6 Å². The van der Waals surface area contributed by atoms with Crippen LogP contribution in [0.4, 0.5) is 5.69 Å². The molecule has 2 N–H and O–H groups in total. The average Bonchev–Trinajstić information content (AvgIpc) is 2.48. The molecule has 4 nitrogen and oxygen atoms in total. The highest BCUT2D eigenvalue weighted by atomic mass is 35.5. The van der Waals surface area contributed by atoms with Gasteiger partial charge in [0.25, 0.3) is 0 Å². The Labute approximate surface area is 102 Å². The number of carboxylic acids is 1. The molecular weight excluding hydrogens is 253 g/mol. The van der Waals surface area contributed by atoms with Gasteiger partial charge in [-0.05, 0) is 12.5 Å². The number of aromatic carboxylic acids is 1. The van der Waals surface area contributed by atoms with Crippen molar-refractivity contribution >= 4 is 34.9 Å². The number of nitrogens with one attached hydrogen (secondary N) is 1. The Morgan fingerprint density at radius 1 is 1.50 bits per heavy atom. The summed E-state index contributed by atoms with van der Waals surface area (Å²) < 4.78 is 5.39. The molecule has 1 aliphatic rings. The second-order valence-electron chi connectivity index (χ2n) is 3.36. The number of benzene rings is 1. The van der Waals surface area contributed by atoms with Gasteiger partial charge in [0, 0.05) is 6.54 Å². The molecule has 0 aliphatic carbocycles. The van der Waals surface area contributed by atoms with Crippen molar-refractivity contribution in [2.24, 2.45) is 0 Å². The summed E-state index contributed by atoms with van der Waals surface area (Å²) in [5, 5.41) is 12.6. The second-order valence-corrected chi connectivity index (χ2v) is 4.14. The number of hydrogen-bond acceptors (Lipinski definition) is 3. The van der Waals surface area contributed by atoms with Gasteiger partial charge in [-0.2, -0.15) is 0 Å². The highest BCUT2D eigenvalue weighted by Gasteiger charge is 2.22. The van der Waals surface area contributed by atoms with Crippen molar-refractivity contribution in [1.29, 1.82) is 0 Å². The molecule has 0 saturated heterocycles. The minimum absolute atomic E-state index is 0.0267. The van der Waals surface area contributed by atoms with Gasteiger partial charge in [-0.1, -0.05) is 23.2 Å². The lowest BCUT2D eigenvalue weighted by atomic mass is 10.1. The van der Waals surface area contributed by atoms with Gasteiger partial charge < -0.3 is 15.2 Å². The minimum Gasteiger partial charge on any atom is -0.490 e. The van der Waals surface area contributed by atoms with Crippen LogP contribution < -0.4 is 10.1 Å². The summed E-state index contributed by atoms with van der Waals surface area (Å²) in [5.74, 6) is -0.821. The van der Waals surface area contributed by atoms with Crippen molar-refractivity contribution < 1.29 is 14.6 Å². The Hall–Kier alpha value is -1.13. The number of ether oxygens (including phenoxy) is 1. The fourth-order valence-corrected chi connectivity index (χ4v) is 1.95. The van der Waals surface area contributed by atoms with E-state index in [1.807, 2.05) is 0 Å². The van der Waals surface area contributed by atoms with E-state index < -0.39 is 5.97 Å². The zero-order valence-electron chi connectivity index (χ0n) is 8.22. The molecule has 1 aromatic carbocycles. The summed E-state index contributed by atoms with van der Waals surface area (Å²) in [5.41, 5.74) is 0.489. The lowest BCUT2D eigenvalue weighted by molar-refractivity contribution is 0.0692. The number of halogens is 2. The second kappa shape index (κ2) is 4.39. The molecule has 0 bridgehead atoms. The molecule has 0 radical (unpaired) electrons. The predicted octanol–water partition coefficient (Wildman–Crippen LogP) is 2.89. The molecule has 0 saturated carbocycles. The van der Waals surface area contributed by atoms with E-state index in [2.05, 4.69) is 5.32 Å². The maximum atomic E-state index is 11.0. The molecule has 0 unspecified atom stereocenters. The van der Waals surface area contributed by atoms with Crippen LogP contribution in [0.5, 0.6) is 5.75 Å². The maximum absolute atomic E-state index is 11.0. The Morgan fingerprint density at radius 3 is 2.94 bits per heavy atom. The molecule has 0 atom stereocenters. The summed E-state index contributed by atoms with van der Waals surface area (Å²) in [6.45, 7) is 1.13. The van der Waals surface area contributed by atoms with Crippen molar-refractivity contribution in [2.45, 2.75) is 6.42 Å². The number of anilines is 1. The molecule has 86 valence electrons. The monoisotopic (exact) mass is 261 g/mol. The summed E-state index contributed by atoms with van der Waals surface area (Å²) in [6.07, 6.45) is 0.779. The lowest BCUT2D eigenvalue weighted by Crippen LogP contribution is -2.04. The summed E-state index contributed by atoms with van der Waals surface area (Å²) >= 11 is 11.9. The largest absolute Gasteiger partial charge is 0.490 e. The van der Waals surface area contributed by atoms with Gasteiger partial charge in [0.15, 0.2) is 5.75 Å². The van der Waals surface area contributed by atoms with Crippen molar-refractivity contribution in [3.63, 3.8) is 0 Å². The van der Waals surface area contributed by atoms with Gasteiger partial charge in [0.2, 0.25) is 0 Å². The Balaban J connectivity index is 2.64. The van der Waals surface area contributed by atoms with Crippen molar-refractivity contribution in [2.75, 3.05) is 18.5 Å². The first kappa shape index (κ1) is 11.4.